The monoisotopic (exact) mass is 278 g/mol. The fourth-order valence-corrected chi connectivity index (χ4v) is 1.90. The SMILES string of the molecule is COc1cccc2oc(C(=O)O)c(CC(=O)O)c(=O)c12. The number of carboxylic acid groups (broad SMARTS) is 2. The minimum Gasteiger partial charge on any atom is -0.496 e. The van der Waals surface area contributed by atoms with Crippen molar-refractivity contribution < 1.29 is 29.0 Å². The molecule has 0 unspecified atom stereocenters. The Bertz CT molecular complexity index is 757. The number of carbonyl (C=O) groups is 2. The molecule has 1 aromatic carbocycles. The van der Waals surface area contributed by atoms with Crippen molar-refractivity contribution in [2.24, 2.45) is 0 Å². The summed E-state index contributed by atoms with van der Waals surface area (Å²) in [4.78, 5) is 34.2. The fourth-order valence-electron chi connectivity index (χ4n) is 1.90. The second-order valence-corrected chi connectivity index (χ2v) is 3.95. The Morgan fingerprint density at radius 3 is 2.55 bits per heavy atom. The number of methoxy groups -OCH3 is 1. The van der Waals surface area contributed by atoms with E-state index >= 15 is 0 Å². The number of aliphatic carboxylic acids is 1. The summed E-state index contributed by atoms with van der Waals surface area (Å²) in [6.07, 6.45) is -0.738. The largest absolute Gasteiger partial charge is 0.496 e. The summed E-state index contributed by atoms with van der Waals surface area (Å²) in [5.41, 5.74) is -1.11. The third kappa shape index (κ3) is 2.20. The van der Waals surface area contributed by atoms with E-state index in [2.05, 4.69) is 0 Å². The molecular formula is C13H10O7. The summed E-state index contributed by atoms with van der Waals surface area (Å²) in [6.45, 7) is 0. The first kappa shape index (κ1) is 13.6. The van der Waals surface area contributed by atoms with Crippen LogP contribution in [0.15, 0.2) is 27.4 Å². The molecule has 1 aromatic heterocycles. The minimum atomic E-state index is -1.50. The fraction of sp³-hybridized carbons (Fsp3) is 0.154. The van der Waals surface area contributed by atoms with Gasteiger partial charge in [0.15, 0.2) is 0 Å². The van der Waals surface area contributed by atoms with Gasteiger partial charge in [0, 0.05) is 0 Å². The summed E-state index contributed by atoms with van der Waals surface area (Å²) in [6, 6.07) is 4.45. The molecule has 2 rings (SSSR count). The van der Waals surface area contributed by atoms with Gasteiger partial charge < -0.3 is 19.4 Å². The van der Waals surface area contributed by atoms with E-state index in [1.54, 1.807) is 0 Å². The Balaban J connectivity index is 2.90. The second-order valence-electron chi connectivity index (χ2n) is 3.95. The molecule has 20 heavy (non-hydrogen) atoms. The van der Waals surface area contributed by atoms with Gasteiger partial charge in [0.25, 0.3) is 0 Å². The van der Waals surface area contributed by atoms with Crippen molar-refractivity contribution in [3.63, 3.8) is 0 Å². The summed E-state index contributed by atoms with van der Waals surface area (Å²) in [5, 5.41) is 17.8. The maximum atomic E-state index is 12.3. The van der Waals surface area contributed by atoms with E-state index in [1.807, 2.05) is 0 Å². The van der Waals surface area contributed by atoms with Crippen LogP contribution in [0.4, 0.5) is 0 Å². The van der Waals surface area contributed by atoms with E-state index in [-0.39, 0.29) is 16.7 Å². The third-order valence-electron chi connectivity index (χ3n) is 2.72. The van der Waals surface area contributed by atoms with Crippen molar-refractivity contribution in [1.82, 2.24) is 0 Å². The van der Waals surface area contributed by atoms with Crippen molar-refractivity contribution in [2.45, 2.75) is 6.42 Å². The van der Waals surface area contributed by atoms with Gasteiger partial charge >= 0.3 is 11.9 Å². The molecule has 0 radical (unpaired) electrons. The summed E-state index contributed by atoms with van der Waals surface area (Å²) >= 11 is 0. The van der Waals surface area contributed by atoms with Gasteiger partial charge in [-0.25, -0.2) is 4.79 Å². The number of carboxylic acids is 2. The average Bonchev–Trinajstić information content (AvgIpc) is 2.40. The molecular weight excluding hydrogens is 268 g/mol. The summed E-state index contributed by atoms with van der Waals surface area (Å²) < 4.78 is 10.1. The molecule has 0 saturated heterocycles. The average molecular weight is 278 g/mol. The van der Waals surface area contributed by atoms with Gasteiger partial charge in [-0.05, 0) is 12.1 Å². The Hall–Kier alpha value is -2.83. The Kier molecular flexibility index (Phi) is 3.43. The van der Waals surface area contributed by atoms with Crippen LogP contribution in [0.2, 0.25) is 0 Å². The highest BCUT2D eigenvalue weighted by Gasteiger charge is 2.23. The Morgan fingerprint density at radius 2 is 2.00 bits per heavy atom. The molecule has 1 heterocycles. The van der Waals surface area contributed by atoms with E-state index < -0.39 is 35.1 Å². The van der Waals surface area contributed by atoms with Crippen molar-refractivity contribution >= 4 is 22.9 Å². The van der Waals surface area contributed by atoms with Crippen LogP contribution in [0, 0.1) is 0 Å². The van der Waals surface area contributed by atoms with Crippen molar-refractivity contribution in [1.29, 1.82) is 0 Å². The molecule has 2 N–H and O–H groups in total. The highest BCUT2D eigenvalue weighted by atomic mass is 16.5. The molecule has 0 aliphatic carbocycles. The number of aromatic carboxylic acids is 1. The normalized spacial score (nSPS) is 10.4. The highest BCUT2D eigenvalue weighted by Crippen LogP contribution is 2.24. The Morgan fingerprint density at radius 1 is 1.30 bits per heavy atom. The maximum Gasteiger partial charge on any atom is 0.372 e. The van der Waals surface area contributed by atoms with E-state index in [0.29, 0.717) is 0 Å². The van der Waals surface area contributed by atoms with Crippen LogP contribution in [-0.2, 0) is 11.2 Å². The van der Waals surface area contributed by atoms with Crippen molar-refractivity contribution in [3.8, 4) is 5.75 Å². The maximum absolute atomic E-state index is 12.3. The number of ether oxygens (including phenoxy) is 1. The number of benzene rings is 1. The number of fused-ring (bicyclic) bond motifs is 1. The molecule has 0 bridgehead atoms. The molecule has 0 atom stereocenters. The summed E-state index contributed by atoms with van der Waals surface area (Å²) in [5.74, 6) is -3.30. The molecule has 0 aliphatic heterocycles. The zero-order chi connectivity index (χ0) is 14.9. The van der Waals surface area contributed by atoms with Gasteiger partial charge in [-0.1, -0.05) is 6.07 Å². The van der Waals surface area contributed by atoms with Gasteiger partial charge in [0.2, 0.25) is 11.2 Å². The minimum absolute atomic E-state index is 0.0243. The van der Waals surface area contributed by atoms with Crippen molar-refractivity contribution in [2.75, 3.05) is 7.11 Å². The molecule has 0 saturated carbocycles. The number of rotatable bonds is 4. The van der Waals surface area contributed by atoms with Crippen LogP contribution in [0.5, 0.6) is 5.75 Å². The van der Waals surface area contributed by atoms with E-state index in [1.165, 1.54) is 25.3 Å². The van der Waals surface area contributed by atoms with E-state index in [9.17, 15) is 14.4 Å². The molecule has 0 amide bonds. The molecule has 104 valence electrons. The molecule has 7 heteroatoms. The zero-order valence-corrected chi connectivity index (χ0v) is 10.4. The van der Waals surface area contributed by atoms with Crippen LogP contribution >= 0.6 is 0 Å². The first-order chi connectivity index (χ1) is 9.45. The van der Waals surface area contributed by atoms with Crippen molar-refractivity contribution in [3.05, 3.63) is 39.7 Å². The lowest BCUT2D eigenvalue weighted by Gasteiger charge is -2.08. The van der Waals surface area contributed by atoms with Gasteiger partial charge in [-0.2, -0.15) is 0 Å². The molecule has 7 nitrogen and oxygen atoms in total. The smallest absolute Gasteiger partial charge is 0.372 e. The number of hydrogen-bond donors (Lipinski definition) is 2. The van der Waals surface area contributed by atoms with E-state index in [4.69, 9.17) is 19.4 Å². The quantitative estimate of drug-likeness (QED) is 0.861. The van der Waals surface area contributed by atoms with Gasteiger partial charge in [-0.3, -0.25) is 9.59 Å². The number of hydrogen-bond acceptors (Lipinski definition) is 5. The topological polar surface area (TPSA) is 114 Å². The second kappa shape index (κ2) is 5.04. The third-order valence-corrected chi connectivity index (χ3v) is 2.72. The predicted octanol–water partition coefficient (Wildman–Crippen LogP) is 1.13. The lowest BCUT2D eigenvalue weighted by molar-refractivity contribution is -0.136. The Labute approximate surface area is 112 Å². The van der Waals surface area contributed by atoms with Crippen LogP contribution in [0.1, 0.15) is 16.1 Å². The molecule has 0 fully saturated rings. The lowest BCUT2D eigenvalue weighted by atomic mass is 10.1. The van der Waals surface area contributed by atoms with Crippen LogP contribution < -0.4 is 10.2 Å². The van der Waals surface area contributed by atoms with Crippen LogP contribution in [0.25, 0.3) is 11.0 Å². The first-order valence-electron chi connectivity index (χ1n) is 5.53. The molecule has 2 aromatic rings. The summed E-state index contributed by atoms with van der Waals surface area (Å²) in [7, 11) is 1.34. The standard InChI is InChI=1S/C13H10O7/c1-19-7-3-2-4-8-10(7)11(16)6(5-9(14)15)12(20-8)13(17)18/h2-4H,5H2,1H3,(H,14,15)(H,17,18). The highest BCUT2D eigenvalue weighted by molar-refractivity contribution is 5.92. The van der Waals surface area contributed by atoms with Gasteiger partial charge in [-0.15, -0.1) is 0 Å². The molecule has 0 aliphatic rings. The van der Waals surface area contributed by atoms with Crippen LogP contribution in [-0.4, -0.2) is 29.3 Å². The van der Waals surface area contributed by atoms with Gasteiger partial charge in [0.05, 0.1) is 19.1 Å². The lowest BCUT2D eigenvalue weighted by Crippen LogP contribution is -2.19. The first-order valence-corrected chi connectivity index (χ1v) is 5.53. The van der Waals surface area contributed by atoms with E-state index in [0.717, 1.165) is 0 Å². The van der Waals surface area contributed by atoms with Crippen LogP contribution in [0.3, 0.4) is 0 Å². The zero-order valence-electron chi connectivity index (χ0n) is 10.4. The molecule has 0 spiro atoms. The predicted molar refractivity (Wildman–Crippen MR) is 67.3 cm³/mol. The van der Waals surface area contributed by atoms with Gasteiger partial charge in [0.1, 0.15) is 16.7 Å².